The van der Waals surface area contributed by atoms with Crippen molar-refractivity contribution in [3.63, 3.8) is 0 Å². The molecule has 0 bridgehead atoms. The van der Waals surface area contributed by atoms with Gasteiger partial charge in [0.15, 0.2) is 0 Å². The minimum absolute atomic E-state index is 0.248. The van der Waals surface area contributed by atoms with Gasteiger partial charge in [-0.15, -0.1) is 0 Å². The Bertz CT molecular complexity index is 619. The second-order valence-corrected chi connectivity index (χ2v) is 6.71. The van der Waals surface area contributed by atoms with E-state index in [0.717, 1.165) is 5.57 Å². The van der Waals surface area contributed by atoms with Crippen molar-refractivity contribution in [3.8, 4) is 0 Å². The highest BCUT2D eigenvalue weighted by atomic mass is 16.6. The third-order valence-corrected chi connectivity index (χ3v) is 5.44. The van der Waals surface area contributed by atoms with E-state index in [9.17, 15) is 14.7 Å². The van der Waals surface area contributed by atoms with Gasteiger partial charge >= 0.3 is 11.9 Å². The first kappa shape index (κ1) is 16.0. The van der Waals surface area contributed by atoms with Crippen molar-refractivity contribution in [2.75, 3.05) is 0 Å². The number of esters is 2. The molecule has 0 aromatic rings. The monoisotopic (exact) mass is 318 g/mol. The van der Waals surface area contributed by atoms with E-state index in [1.807, 2.05) is 0 Å². The molecule has 2 saturated carbocycles. The van der Waals surface area contributed by atoms with Crippen LogP contribution in [0.1, 0.15) is 32.6 Å². The molecule has 1 heterocycles. The van der Waals surface area contributed by atoms with Crippen LogP contribution in [0.4, 0.5) is 0 Å². The second kappa shape index (κ2) is 5.34. The summed E-state index contributed by atoms with van der Waals surface area (Å²) in [5, 5.41) is 11.3. The van der Waals surface area contributed by atoms with E-state index in [0.29, 0.717) is 30.4 Å². The van der Waals surface area contributed by atoms with Gasteiger partial charge in [0.05, 0.1) is 5.60 Å². The lowest BCUT2D eigenvalue weighted by atomic mass is 9.79. The molecular formula is C18H22O5. The first-order chi connectivity index (χ1) is 10.8. The Balaban J connectivity index is 1.90. The molecule has 3 rings (SSSR count). The Morgan fingerprint density at radius 2 is 2.13 bits per heavy atom. The average Bonchev–Trinajstić information content (AvgIpc) is 2.85. The topological polar surface area (TPSA) is 72.8 Å². The van der Waals surface area contributed by atoms with Crippen LogP contribution in [-0.2, 0) is 19.1 Å². The molecule has 3 aliphatic rings. The Labute approximate surface area is 135 Å². The smallest absolute Gasteiger partial charge is 0.334 e. The van der Waals surface area contributed by atoms with Crippen molar-refractivity contribution in [2.24, 2.45) is 11.8 Å². The van der Waals surface area contributed by atoms with E-state index in [1.54, 1.807) is 6.92 Å². The van der Waals surface area contributed by atoms with Crippen LogP contribution in [0.5, 0.6) is 0 Å². The molecule has 1 aliphatic heterocycles. The van der Waals surface area contributed by atoms with E-state index >= 15 is 0 Å². The van der Waals surface area contributed by atoms with Crippen LogP contribution in [0.25, 0.3) is 0 Å². The van der Waals surface area contributed by atoms with Gasteiger partial charge in [-0.3, -0.25) is 4.79 Å². The Morgan fingerprint density at radius 1 is 1.43 bits per heavy atom. The van der Waals surface area contributed by atoms with Crippen molar-refractivity contribution >= 4 is 11.9 Å². The van der Waals surface area contributed by atoms with Crippen LogP contribution < -0.4 is 0 Å². The van der Waals surface area contributed by atoms with Crippen molar-refractivity contribution < 1.29 is 24.2 Å². The fourth-order valence-corrected chi connectivity index (χ4v) is 4.04. The molecule has 0 aromatic carbocycles. The number of aliphatic hydroxyl groups is 1. The summed E-state index contributed by atoms with van der Waals surface area (Å²) in [6, 6.07) is 0. The maximum absolute atomic E-state index is 11.8. The fraction of sp³-hybridized carbons (Fsp3) is 0.556. The standard InChI is InChI=1S/C18H22O5/c1-5-16(19)22-14-7-13-9(2)6-15-12(10(3)17(20)23-15)8-18(13,21)11(14)4/h12-15,21H,2-8H2,1H3/t12-,13+,14-,15+,18-/m1/s1. The van der Waals surface area contributed by atoms with Crippen LogP contribution >= 0.6 is 0 Å². The fourth-order valence-electron chi connectivity index (χ4n) is 4.04. The maximum Gasteiger partial charge on any atom is 0.334 e. The molecule has 0 aromatic heterocycles. The molecule has 23 heavy (non-hydrogen) atoms. The summed E-state index contributed by atoms with van der Waals surface area (Å²) in [4.78, 5) is 23.4. The van der Waals surface area contributed by atoms with Gasteiger partial charge in [0.1, 0.15) is 12.2 Å². The summed E-state index contributed by atoms with van der Waals surface area (Å²) < 4.78 is 10.8. The molecule has 0 unspecified atom stereocenters. The minimum Gasteiger partial charge on any atom is -0.458 e. The molecule has 1 saturated heterocycles. The number of rotatable bonds is 2. The largest absolute Gasteiger partial charge is 0.458 e. The molecule has 5 atom stereocenters. The lowest BCUT2D eigenvalue weighted by Crippen LogP contribution is -2.37. The summed E-state index contributed by atoms with van der Waals surface area (Å²) in [6.45, 7) is 13.6. The molecule has 0 amide bonds. The molecule has 0 spiro atoms. The van der Waals surface area contributed by atoms with E-state index < -0.39 is 17.7 Å². The third kappa shape index (κ3) is 2.34. The van der Waals surface area contributed by atoms with Gasteiger partial charge in [-0.2, -0.15) is 0 Å². The van der Waals surface area contributed by atoms with E-state index in [1.165, 1.54) is 0 Å². The highest BCUT2D eigenvalue weighted by molar-refractivity contribution is 5.91. The lowest BCUT2D eigenvalue weighted by molar-refractivity contribution is -0.147. The van der Waals surface area contributed by atoms with Crippen molar-refractivity contribution in [1.82, 2.24) is 0 Å². The number of carbonyl (C=O) groups is 2. The van der Waals surface area contributed by atoms with Gasteiger partial charge in [-0.1, -0.05) is 32.2 Å². The number of hydrogen-bond acceptors (Lipinski definition) is 5. The summed E-state index contributed by atoms with van der Waals surface area (Å²) in [6.07, 6.45) is 0.700. The normalized spacial score (nSPS) is 39.6. The van der Waals surface area contributed by atoms with E-state index in [4.69, 9.17) is 9.47 Å². The number of fused-ring (bicyclic) bond motifs is 2. The van der Waals surface area contributed by atoms with Crippen molar-refractivity contribution in [1.29, 1.82) is 0 Å². The van der Waals surface area contributed by atoms with E-state index in [-0.39, 0.29) is 30.3 Å². The average molecular weight is 318 g/mol. The molecule has 124 valence electrons. The van der Waals surface area contributed by atoms with Crippen LogP contribution in [0.2, 0.25) is 0 Å². The number of hydrogen-bond donors (Lipinski definition) is 1. The molecular weight excluding hydrogens is 296 g/mol. The highest BCUT2D eigenvalue weighted by Crippen LogP contribution is 2.54. The summed E-state index contributed by atoms with van der Waals surface area (Å²) in [7, 11) is 0. The molecule has 2 aliphatic carbocycles. The van der Waals surface area contributed by atoms with Crippen LogP contribution in [0, 0.1) is 11.8 Å². The van der Waals surface area contributed by atoms with Crippen molar-refractivity contribution in [3.05, 3.63) is 36.5 Å². The van der Waals surface area contributed by atoms with Gasteiger partial charge in [0.25, 0.3) is 0 Å². The summed E-state index contributed by atoms with van der Waals surface area (Å²) >= 11 is 0. The lowest BCUT2D eigenvalue weighted by Gasteiger charge is -2.31. The number of ether oxygens (including phenoxy) is 2. The zero-order valence-corrected chi connectivity index (χ0v) is 13.3. The maximum atomic E-state index is 11.8. The van der Waals surface area contributed by atoms with Gasteiger partial charge in [0, 0.05) is 30.3 Å². The zero-order chi connectivity index (χ0) is 16.9. The Kier molecular flexibility index (Phi) is 3.71. The third-order valence-electron chi connectivity index (χ3n) is 5.44. The van der Waals surface area contributed by atoms with E-state index in [2.05, 4.69) is 19.7 Å². The quantitative estimate of drug-likeness (QED) is 0.479. The van der Waals surface area contributed by atoms with Crippen LogP contribution in [0.15, 0.2) is 36.5 Å². The van der Waals surface area contributed by atoms with Crippen LogP contribution in [-0.4, -0.2) is 34.9 Å². The first-order valence-corrected chi connectivity index (χ1v) is 7.96. The van der Waals surface area contributed by atoms with Gasteiger partial charge in [-0.25, -0.2) is 4.79 Å². The molecule has 1 N–H and O–H groups in total. The van der Waals surface area contributed by atoms with Crippen molar-refractivity contribution in [2.45, 2.75) is 50.4 Å². The predicted molar refractivity (Wildman–Crippen MR) is 83.3 cm³/mol. The van der Waals surface area contributed by atoms with Gasteiger partial charge < -0.3 is 14.6 Å². The highest BCUT2D eigenvalue weighted by Gasteiger charge is 2.57. The van der Waals surface area contributed by atoms with Gasteiger partial charge in [-0.05, 0) is 18.4 Å². The molecule has 3 fully saturated rings. The second-order valence-electron chi connectivity index (χ2n) is 6.71. The minimum atomic E-state index is -1.24. The Hall–Kier alpha value is -1.88. The zero-order valence-electron chi connectivity index (χ0n) is 13.3. The van der Waals surface area contributed by atoms with Gasteiger partial charge in [0.2, 0.25) is 0 Å². The Morgan fingerprint density at radius 3 is 2.78 bits per heavy atom. The summed E-state index contributed by atoms with van der Waals surface area (Å²) in [5.74, 6) is -1.23. The molecule has 5 heteroatoms. The van der Waals surface area contributed by atoms with Crippen LogP contribution in [0.3, 0.4) is 0 Å². The molecule has 0 radical (unpaired) electrons. The summed E-state index contributed by atoms with van der Waals surface area (Å²) in [5.41, 5.74) is 0.433. The predicted octanol–water partition coefficient (Wildman–Crippen LogP) is 2.06. The first-order valence-electron chi connectivity index (χ1n) is 7.96. The molecule has 5 nitrogen and oxygen atoms in total. The SMILES string of the molecule is C=C1C(=O)O[C@H]2CC(=C)[C@@H]3C[C@@H](OC(=O)CC)C(=C)[C@]3(O)C[C@H]12. The number of carbonyl (C=O) groups excluding carboxylic acids is 2.